The summed E-state index contributed by atoms with van der Waals surface area (Å²) in [6.45, 7) is 1.90. The number of rotatable bonds is 4. The van der Waals surface area contributed by atoms with Gasteiger partial charge in [-0.25, -0.2) is 15.0 Å². The highest BCUT2D eigenvalue weighted by Gasteiger charge is 2.56. The van der Waals surface area contributed by atoms with Gasteiger partial charge in [-0.05, 0) is 6.42 Å². The van der Waals surface area contributed by atoms with E-state index in [1.807, 2.05) is 6.92 Å². The molecule has 23 heavy (non-hydrogen) atoms. The lowest BCUT2D eigenvalue weighted by molar-refractivity contribution is -0.162. The first-order valence-corrected chi connectivity index (χ1v) is 7.34. The molecule has 2 aromatic heterocycles. The molecule has 1 fully saturated rings. The number of aliphatic hydroxyl groups is 3. The van der Waals surface area contributed by atoms with Gasteiger partial charge in [-0.2, -0.15) is 0 Å². The van der Waals surface area contributed by atoms with Gasteiger partial charge >= 0.3 is 0 Å². The molecule has 0 aliphatic carbocycles. The summed E-state index contributed by atoms with van der Waals surface area (Å²) in [5, 5.41) is 30.4. The van der Waals surface area contributed by atoms with E-state index in [1.54, 1.807) is 0 Å². The van der Waals surface area contributed by atoms with Gasteiger partial charge < -0.3 is 31.5 Å². The highest BCUT2D eigenvalue weighted by Crippen LogP contribution is 2.41. The van der Waals surface area contributed by atoms with E-state index in [4.69, 9.17) is 16.2 Å². The summed E-state index contributed by atoms with van der Waals surface area (Å²) in [6.07, 6.45) is -1.55. The number of hydrogen-bond donors (Lipinski definition) is 5. The van der Waals surface area contributed by atoms with Crippen molar-refractivity contribution < 1.29 is 20.1 Å². The standard InChI is InChI=1S/C13H20N6O4/c1-2-3-13(9(21)7(20)8(23-13)11(15)22)19-5-18-6-10(14)16-4-17-12(6)19/h4-5,7-9,11,20-22H,2-3,15H2,1H3,(H2,14,16,17)/t7-,8+,9-,11?,13-/m1/s1. The largest absolute Gasteiger partial charge is 0.387 e. The molecule has 0 radical (unpaired) electrons. The second-order valence-corrected chi connectivity index (χ2v) is 5.65. The van der Waals surface area contributed by atoms with E-state index in [0.29, 0.717) is 24.0 Å². The van der Waals surface area contributed by atoms with Gasteiger partial charge in [0.05, 0.1) is 6.33 Å². The Bertz CT molecular complexity index is 707. The normalized spacial score (nSPS) is 32.5. The lowest BCUT2D eigenvalue weighted by Crippen LogP contribution is -2.45. The van der Waals surface area contributed by atoms with E-state index in [-0.39, 0.29) is 5.82 Å². The fourth-order valence-corrected chi connectivity index (χ4v) is 3.11. The molecule has 126 valence electrons. The molecule has 10 nitrogen and oxygen atoms in total. The maximum Gasteiger partial charge on any atom is 0.176 e. The zero-order valence-electron chi connectivity index (χ0n) is 12.6. The molecule has 5 atom stereocenters. The fourth-order valence-electron chi connectivity index (χ4n) is 3.11. The SMILES string of the molecule is CCC[C@@]1(n2cnc3c(N)ncnc32)O[C@H](C(N)O)[C@@H](O)[C@H]1O. The molecule has 1 unspecified atom stereocenters. The molecule has 1 aliphatic rings. The molecule has 0 aromatic carbocycles. The summed E-state index contributed by atoms with van der Waals surface area (Å²) in [7, 11) is 0. The maximum atomic E-state index is 10.6. The predicted molar refractivity (Wildman–Crippen MR) is 79.7 cm³/mol. The monoisotopic (exact) mass is 324 g/mol. The highest BCUT2D eigenvalue weighted by molar-refractivity contribution is 5.81. The quantitative estimate of drug-likeness (QED) is 0.410. The van der Waals surface area contributed by atoms with Crippen LogP contribution in [0.2, 0.25) is 0 Å². The number of fused-ring (bicyclic) bond motifs is 1. The molecule has 10 heteroatoms. The number of hydrogen-bond acceptors (Lipinski definition) is 9. The van der Waals surface area contributed by atoms with E-state index in [0.717, 1.165) is 0 Å². The minimum atomic E-state index is -1.44. The van der Waals surface area contributed by atoms with E-state index in [9.17, 15) is 15.3 Å². The Hall–Kier alpha value is -1.85. The number of imidazole rings is 1. The number of anilines is 1. The molecule has 3 rings (SSSR count). The Balaban J connectivity index is 2.16. The Kier molecular flexibility index (Phi) is 3.94. The second kappa shape index (κ2) is 5.65. The van der Waals surface area contributed by atoms with Crippen LogP contribution in [-0.2, 0) is 10.5 Å². The first kappa shape index (κ1) is 16.0. The first-order valence-electron chi connectivity index (χ1n) is 7.34. The van der Waals surface area contributed by atoms with Crippen LogP contribution in [0.1, 0.15) is 19.8 Å². The average molecular weight is 324 g/mol. The van der Waals surface area contributed by atoms with E-state index < -0.39 is 30.3 Å². The lowest BCUT2D eigenvalue weighted by Gasteiger charge is -2.33. The van der Waals surface area contributed by atoms with Crippen LogP contribution in [0.25, 0.3) is 11.2 Å². The second-order valence-electron chi connectivity index (χ2n) is 5.65. The van der Waals surface area contributed by atoms with Crippen LogP contribution in [0.15, 0.2) is 12.7 Å². The number of nitrogens with zero attached hydrogens (tertiary/aromatic N) is 4. The van der Waals surface area contributed by atoms with Gasteiger partial charge in [-0.1, -0.05) is 13.3 Å². The number of ether oxygens (including phenoxy) is 1. The number of nitrogens with two attached hydrogens (primary N) is 2. The van der Waals surface area contributed by atoms with Gasteiger partial charge in [0.2, 0.25) is 0 Å². The van der Waals surface area contributed by atoms with Gasteiger partial charge in [0.25, 0.3) is 0 Å². The minimum absolute atomic E-state index is 0.198. The van der Waals surface area contributed by atoms with Crippen LogP contribution in [0.3, 0.4) is 0 Å². The van der Waals surface area contributed by atoms with Crippen LogP contribution in [0, 0.1) is 0 Å². The molecule has 1 saturated heterocycles. The first-order chi connectivity index (χ1) is 10.9. The molecular weight excluding hydrogens is 304 g/mol. The predicted octanol–water partition coefficient (Wildman–Crippen LogP) is -1.74. The van der Waals surface area contributed by atoms with E-state index >= 15 is 0 Å². The van der Waals surface area contributed by atoms with Crippen LogP contribution in [0.5, 0.6) is 0 Å². The van der Waals surface area contributed by atoms with Crippen molar-refractivity contribution in [2.24, 2.45) is 5.73 Å². The van der Waals surface area contributed by atoms with Crippen LogP contribution in [0.4, 0.5) is 5.82 Å². The zero-order valence-corrected chi connectivity index (χ0v) is 12.6. The molecular formula is C13H20N6O4. The summed E-state index contributed by atoms with van der Waals surface area (Å²) in [5.41, 5.74) is 10.6. The van der Waals surface area contributed by atoms with Crippen LogP contribution >= 0.6 is 0 Å². The van der Waals surface area contributed by atoms with Gasteiger partial charge in [0, 0.05) is 0 Å². The molecule has 0 amide bonds. The van der Waals surface area contributed by atoms with Gasteiger partial charge in [0.1, 0.15) is 36.4 Å². The van der Waals surface area contributed by atoms with Crippen molar-refractivity contribution in [3.63, 3.8) is 0 Å². The van der Waals surface area contributed by atoms with Gasteiger partial charge in [-0.3, -0.25) is 4.57 Å². The van der Waals surface area contributed by atoms with Crippen molar-refractivity contribution in [1.29, 1.82) is 0 Å². The van der Waals surface area contributed by atoms with Crippen molar-refractivity contribution in [1.82, 2.24) is 19.5 Å². The average Bonchev–Trinajstić information content (AvgIpc) is 3.04. The lowest BCUT2D eigenvalue weighted by atomic mass is 9.97. The summed E-state index contributed by atoms with van der Waals surface area (Å²) in [6, 6.07) is 0. The summed E-state index contributed by atoms with van der Waals surface area (Å²) in [4.78, 5) is 12.2. The Morgan fingerprint density at radius 3 is 2.74 bits per heavy atom. The summed E-state index contributed by atoms with van der Waals surface area (Å²) >= 11 is 0. The Labute approximate surface area is 131 Å². The van der Waals surface area contributed by atoms with Crippen LogP contribution in [-0.4, -0.2) is 59.4 Å². The Morgan fingerprint density at radius 2 is 2.13 bits per heavy atom. The van der Waals surface area contributed by atoms with Crippen molar-refractivity contribution in [2.45, 2.75) is 50.0 Å². The zero-order chi connectivity index (χ0) is 16.8. The van der Waals surface area contributed by atoms with Gasteiger partial charge in [-0.15, -0.1) is 0 Å². The van der Waals surface area contributed by atoms with Crippen molar-refractivity contribution in [3.8, 4) is 0 Å². The molecule has 7 N–H and O–H groups in total. The number of aromatic nitrogens is 4. The van der Waals surface area contributed by atoms with Crippen molar-refractivity contribution >= 4 is 17.0 Å². The maximum absolute atomic E-state index is 10.6. The molecule has 0 bridgehead atoms. The summed E-state index contributed by atoms with van der Waals surface area (Å²) < 4.78 is 7.33. The topological polar surface area (TPSA) is 166 Å². The Morgan fingerprint density at radius 1 is 1.39 bits per heavy atom. The molecule has 1 aliphatic heterocycles. The third-order valence-corrected chi connectivity index (χ3v) is 4.18. The van der Waals surface area contributed by atoms with Gasteiger partial charge in [0.15, 0.2) is 17.2 Å². The fraction of sp³-hybridized carbons (Fsp3) is 0.615. The van der Waals surface area contributed by atoms with Crippen LogP contribution < -0.4 is 11.5 Å². The molecule has 3 heterocycles. The molecule has 0 spiro atoms. The number of aliphatic hydroxyl groups excluding tert-OH is 3. The summed E-state index contributed by atoms with van der Waals surface area (Å²) in [5.74, 6) is 0.198. The third-order valence-electron chi connectivity index (χ3n) is 4.18. The molecule has 2 aromatic rings. The minimum Gasteiger partial charge on any atom is -0.387 e. The third kappa shape index (κ3) is 2.26. The van der Waals surface area contributed by atoms with E-state index in [1.165, 1.54) is 17.2 Å². The molecule has 0 saturated carbocycles. The number of nitrogen functional groups attached to an aromatic ring is 1. The van der Waals surface area contributed by atoms with Crippen molar-refractivity contribution in [3.05, 3.63) is 12.7 Å². The smallest absolute Gasteiger partial charge is 0.176 e. The highest BCUT2D eigenvalue weighted by atomic mass is 16.6. The van der Waals surface area contributed by atoms with E-state index in [2.05, 4.69) is 15.0 Å². The van der Waals surface area contributed by atoms with Crippen molar-refractivity contribution in [2.75, 3.05) is 5.73 Å².